The summed E-state index contributed by atoms with van der Waals surface area (Å²) in [5.41, 5.74) is 4.21. The maximum absolute atomic E-state index is 13.2. The van der Waals surface area contributed by atoms with Crippen molar-refractivity contribution in [1.82, 2.24) is 19.7 Å². The van der Waals surface area contributed by atoms with E-state index in [-0.39, 0.29) is 23.5 Å². The minimum Gasteiger partial charge on any atom is -0.298 e. The molecule has 1 aliphatic rings. The van der Waals surface area contributed by atoms with Gasteiger partial charge in [0.2, 0.25) is 0 Å². The first-order valence-corrected chi connectivity index (χ1v) is 12.9. The molecule has 8 nitrogen and oxygen atoms in total. The fourth-order valence-electron chi connectivity index (χ4n) is 4.04. The largest absolute Gasteiger partial charge is 0.298 e. The van der Waals surface area contributed by atoms with Crippen molar-refractivity contribution < 1.29 is 13.2 Å². The molecule has 1 aromatic carbocycles. The molecule has 1 atom stereocenters. The monoisotopic (exact) mass is 467 g/mol. The first-order chi connectivity index (χ1) is 15.3. The summed E-state index contributed by atoms with van der Waals surface area (Å²) in [6, 6.07) is 9.36. The Hall–Kier alpha value is -3.11. The molecule has 10 heteroatoms. The van der Waals surface area contributed by atoms with E-state index in [0.29, 0.717) is 39.5 Å². The Balaban J connectivity index is 1.70. The van der Waals surface area contributed by atoms with Crippen LogP contribution < -0.4 is 5.32 Å². The van der Waals surface area contributed by atoms with Crippen LogP contribution in [0, 0.1) is 13.8 Å². The van der Waals surface area contributed by atoms with Crippen LogP contribution in [-0.2, 0) is 9.84 Å². The molecule has 1 amide bonds. The van der Waals surface area contributed by atoms with Gasteiger partial charge in [0.15, 0.2) is 20.6 Å². The molecular formula is C22H21N5O3S2. The number of carbonyl (C=O) groups is 1. The third-order valence-corrected chi connectivity index (χ3v) is 8.07. The van der Waals surface area contributed by atoms with Crippen LogP contribution in [0.4, 0.5) is 5.13 Å². The zero-order chi connectivity index (χ0) is 22.5. The average molecular weight is 468 g/mol. The molecule has 4 heterocycles. The lowest BCUT2D eigenvalue weighted by atomic mass is 10.0. The SMILES string of the molecule is Cc1ccc(-c2cc(C(=O)Nc3nccs3)c3c(C)nn(C4CCS(=O)(=O)C4)c3n2)cc1. The number of nitrogens with one attached hydrogen (secondary N) is 1. The third-order valence-electron chi connectivity index (χ3n) is 5.64. The predicted molar refractivity (Wildman–Crippen MR) is 125 cm³/mol. The summed E-state index contributed by atoms with van der Waals surface area (Å²) in [5.74, 6) is -0.143. The second kappa shape index (κ2) is 7.79. The van der Waals surface area contributed by atoms with E-state index < -0.39 is 9.84 Å². The summed E-state index contributed by atoms with van der Waals surface area (Å²) in [4.78, 5) is 22.2. The number of pyridine rings is 1. The minimum absolute atomic E-state index is 0.0281. The van der Waals surface area contributed by atoms with Gasteiger partial charge in [-0.3, -0.25) is 10.1 Å². The van der Waals surface area contributed by atoms with E-state index in [2.05, 4.69) is 15.4 Å². The fraction of sp³-hybridized carbons (Fsp3) is 0.273. The number of aromatic nitrogens is 4. The summed E-state index contributed by atoms with van der Waals surface area (Å²) < 4.78 is 25.9. The standard InChI is InChI=1S/C22H21N5O3S2/c1-13-3-5-15(6-4-13)18-11-17(21(28)25-22-23-8-9-31-22)19-14(2)26-27(20(19)24-18)16-7-10-32(29,30)12-16/h3-6,8-9,11,16H,7,10,12H2,1-2H3,(H,23,25,28). The quantitative estimate of drug-likeness (QED) is 0.489. The maximum Gasteiger partial charge on any atom is 0.258 e. The molecule has 4 aromatic rings. The summed E-state index contributed by atoms with van der Waals surface area (Å²) >= 11 is 1.34. The molecule has 5 rings (SSSR count). The minimum atomic E-state index is -3.11. The predicted octanol–water partition coefficient (Wildman–Crippen LogP) is 3.78. The number of hydrogen-bond donors (Lipinski definition) is 1. The number of sulfone groups is 1. The topological polar surface area (TPSA) is 107 Å². The van der Waals surface area contributed by atoms with Crippen LogP contribution in [0.25, 0.3) is 22.3 Å². The van der Waals surface area contributed by atoms with Gasteiger partial charge < -0.3 is 0 Å². The van der Waals surface area contributed by atoms with Gasteiger partial charge in [-0.2, -0.15) is 5.10 Å². The van der Waals surface area contributed by atoms with Crippen molar-refractivity contribution in [1.29, 1.82) is 0 Å². The van der Waals surface area contributed by atoms with E-state index in [1.54, 1.807) is 22.3 Å². The molecule has 1 unspecified atom stereocenters. The molecule has 1 fully saturated rings. The Labute approximate surface area is 189 Å². The van der Waals surface area contributed by atoms with Crippen molar-refractivity contribution in [2.75, 3.05) is 16.8 Å². The van der Waals surface area contributed by atoms with Crippen molar-refractivity contribution in [3.8, 4) is 11.3 Å². The summed E-state index contributed by atoms with van der Waals surface area (Å²) in [5, 5.41) is 10.4. The number of thiazole rings is 1. The van der Waals surface area contributed by atoms with E-state index in [4.69, 9.17) is 4.98 Å². The van der Waals surface area contributed by atoms with Crippen molar-refractivity contribution in [3.05, 3.63) is 58.7 Å². The van der Waals surface area contributed by atoms with E-state index in [1.807, 2.05) is 38.1 Å². The molecule has 3 aromatic heterocycles. The molecule has 1 aliphatic heterocycles. The normalized spacial score (nSPS) is 17.6. The van der Waals surface area contributed by atoms with E-state index in [9.17, 15) is 13.2 Å². The molecule has 1 saturated heterocycles. The molecule has 0 spiro atoms. The molecule has 0 bridgehead atoms. The Kier molecular flexibility index (Phi) is 5.06. The number of hydrogen-bond acceptors (Lipinski definition) is 7. The second-order valence-electron chi connectivity index (χ2n) is 8.00. The van der Waals surface area contributed by atoms with Gasteiger partial charge in [0.05, 0.1) is 39.9 Å². The van der Waals surface area contributed by atoms with Gasteiger partial charge in [0, 0.05) is 17.1 Å². The molecule has 32 heavy (non-hydrogen) atoms. The van der Waals surface area contributed by atoms with Gasteiger partial charge >= 0.3 is 0 Å². The van der Waals surface area contributed by atoms with Gasteiger partial charge in [-0.25, -0.2) is 23.1 Å². The van der Waals surface area contributed by atoms with Crippen LogP contribution in [0.3, 0.4) is 0 Å². The highest BCUT2D eigenvalue weighted by atomic mass is 32.2. The zero-order valence-electron chi connectivity index (χ0n) is 17.6. The van der Waals surface area contributed by atoms with Crippen LogP contribution in [0.2, 0.25) is 0 Å². The van der Waals surface area contributed by atoms with Crippen LogP contribution in [0.1, 0.15) is 34.1 Å². The highest BCUT2D eigenvalue weighted by Crippen LogP contribution is 2.32. The Morgan fingerprint density at radius 3 is 2.66 bits per heavy atom. The molecule has 0 aliphatic carbocycles. The first-order valence-electron chi connectivity index (χ1n) is 10.2. The van der Waals surface area contributed by atoms with Crippen molar-refractivity contribution in [2.24, 2.45) is 0 Å². The number of anilines is 1. The number of aryl methyl sites for hydroxylation is 2. The van der Waals surface area contributed by atoms with Gasteiger partial charge in [-0.15, -0.1) is 11.3 Å². The zero-order valence-corrected chi connectivity index (χ0v) is 19.2. The van der Waals surface area contributed by atoms with Crippen LogP contribution in [0.15, 0.2) is 41.9 Å². The summed E-state index contributed by atoms with van der Waals surface area (Å²) in [7, 11) is -3.11. The third kappa shape index (κ3) is 3.80. The van der Waals surface area contributed by atoms with Gasteiger partial charge in [-0.05, 0) is 26.3 Å². The van der Waals surface area contributed by atoms with E-state index >= 15 is 0 Å². The number of amides is 1. The molecule has 1 N–H and O–H groups in total. The molecule has 164 valence electrons. The Morgan fingerprint density at radius 1 is 1.22 bits per heavy atom. The maximum atomic E-state index is 13.2. The fourth-order valence-corrected chi connectivity index (χ4v) is 6.25. The van der Waals surface area contributed by atoms with Gasteiger partial charge in [0.25, 0.3) is 5.91 Å². The van der Waals surface area contributed by atoms with Gasteiger partial charge in [-0.1, -0.05) is 29.8 Å². The number of rotatable bonds is 4. The lowest BCUT2D eigenvalue weighted by Crippen LogP contribution is -2.15. The number of nitrogens with zero attached hydrogens (tertiary/aromatic N) is 4. The van der Waals surface area contributed by atoms with Crippen molar-refractivity contribution in [3.63, 3.8) is 0 Å². The lowest BCUT2D eigenvalue weighted by molar-refractivity contribution is 0.102. The highest BCUT2D eigenvalue weighted by Gasteiger charge is 2.32. The Morgan fingerprint density at radius 2 is 2.00 bits per heavy atom. The van der Waals surface area contributed by atoms with Crippen LogP contribution in [-0.4, -0.2) is 45.6 Å². The lowest BCUT2D eigenvalue weighted by Gasteiger charge is -2.12. The van der Waals surface area contributed by atoms with Gasteiger partial charge in [0.1, 0.15) is 0 Å². The van der Waals surface area contributed by atoms with E-state index in [0.717, 1.165) is 11.1 Å². The van der Waals surface area contributed by atoms with E-state index in [1.165, 1.54) is 11.3 Å². The number of carbonyl (C=O) groups excluding carboxylic acids is 1. The number of fused-ring (bicyclic) bond motifs is 1. The van der Waals surface area contributed by atoms with Crippen molar-refractivity contribution in [2.45, 2.75) is 26.3 Å². The Bertz CT molecular complexity index is 1420. The molecular weight excluding hydrogens is 446 g/mol. The van der Waals surface area contributed by atoms with Crippen molar-refractivity contribution >= 4 is 43.2 Å². The second-order valence-corrected chi connectivity index (χ2v) is 11.1. The number of benzene rings is 1. The van der Waals surface area contributed by atoms with Crippen LogP contribution in [0.5, 0.6) is 0 Å². The summed E-state index contributed by atoms with van der Waals surface area (Å²) in [6.07, 6.45) is 2.11. The molecule has 0 saturated carbocycles. The highest BCUT2D eigenvalue weighted by molar-refractivity contribution is 7.91. The summed E-state index contributed by atoms with van der Waals surface area (Å²) in [6.45, 7) is 3.82. The smallest absolute Gasteiger partial charge is 0.258 e. The molecule has 0 radical (unpaired) electrons. The first kappa shape index (κ1) is 20.8. The van der Waals surface area contributed by atoms with Crippen LogP contribution >= 0.6 is 11.3 Å². The average Bonchev–Trinajstić information content (AvgIpc) is 3.47.